The number of benzene rings is 2. The van der Waals surface area contributed by atoms with Gasteiger partial charge >= 0.3 is 12.1 Å². The van der Waals surface area contributed by atoms with Crippen molar-refractivity contribution in [2.24, 2.45) is 11.8 Å². The van der Waals surface area contributed by atoms with Crippen LogP contribution in [0.15, 0.2) is 48.5 Å². The largest absolute Gasteiger partial charge is 0.481 e. The summed E-state index contributed by atoms with van der Waals surface area (Å²) >= 11 is 0. The highest BCUT2D eigenvalue weighted by molar-refractivity contribution is 5.81. The fourth-order valence-electron chi connectivity index (χ4n) is 4.89. The Morgan fingerprint density at radius 3 is 2.29 bits per heavy atom. The van der Waals surface area contributed by atoms with Gasteiger partial charge in [0.05, 0.1) is 6.54 Å². The van der Waals surface area contributed by atoms with E-state index in [2.05, 4.69) is 17.4 Å². The first-order valence-corrected chi connectivity index (χ1v) is 11.7. The van der Waals surface area contributed by atoms with E-state index in [0.29, 0.717) is 12.8 Å². The SMILES string of the molecule is CC(CCCNC(=O)OCC1c2ccccc2-c2ccccc21)C(=O)N1CC(C(=O)O)C(F)(F)C1. The molecule has 0 saturated carbocycles. The third kappa shape index (κ3) is 5.13. The summed E-state index contributed by atoms with van der Waals surface area (Å²) in [5.41, 5.74) is 4.51. The van der Waals surface area contributed by atoms with Crippen molar-refractivity contribution in [2.75, 3.05) is 26.2 Å². The van der Waals surface area contributed by atoms with E-state index in [-0.39, 0.29) is 19.1 Å². The number of amides is 2. The van der Waals surface area contributed by atoms with Crippen molar-refractivity contribution in [2.45, 2.75) is 31.6 Å². The molecule has 1 saturated heterocycles. The van der Waals surface area contributed by atoms with Gasteiger partial charge in [0.15, 0.2) is 0 Å². The minimum atomic E-state index is -3.44. The lowest BCUT2D eigenvalue weighted by molar-refractivity contribution is -0.151. The Balaban J connectivity index is 1.21. The number of carbonyl (C=O) groups excluding carboxylic acids is 2. The minimum Gasteiger partial charge on any atom is -0.481 e. The maximum absolute atomic E-state index is 13.8. The number of likely N-dealkylation sites (tertiary alicyclic amines) is 1. The number of rotatable bonds is 8. The van der Waals surface area contributed by atoms with Crippen LogP contribution in [0, 0.1) is 11.8 Å². The number of fused-ring (bicyclic) bond motifs is 3. The van der Waals surface area contributed by atoms with Crippen LogP contribution in [0.5, 0.6) is 0 Å². The van der Waals surface area contributed by atoms with E-state index in [4.69, 9.17) is 9.84 Å². The highest BCUT2D eigenvalue weighted by atomic mass is 19.3. The van der Waals surface area contributed by atoms with Gasteiger partial charge in [-0.05, 0) is 35.1 Å². The molecule has 4 rings (SSSR count). The van der Waals surface area contributed by atoms with Gasteiger partial charge in [0.1, 0.15) is 12.5 Å². The van der Waals surface area contributed by atoms with E-state index in [1.807, 2.05) is 36.4 Å². The van der Waals surface area contributed by atoms with Gasteiger partial charge in [0.25, 0.3) is 5.92 Å². The van der Waals surface area contributed by atoms with Crippen molar-refractivity contribution < 1.29 is 33.0 Å². The van der Waals surface area contributed by atoms with E-state index in [1.54, 1.807) is 6.92 Å². The molecule has 2 N–H and O–H groups in total. The normalized spacial score (nSPS) is 19.1. The second-order valence-corrected chi connectivity index (χ2v) is 9.17. The second-order valence-electron chi connectivity index (χ2n) is 9.17. The lowest BCUT2D eigenvalue weighted by atomic mass is 9.98. The van der Waals surface area contributed by atoms with Gasteiger partial charge in [0, 0.05) is 24.9 Å². The molecule has 0 spiro atoms. The molecule has 2 amide bonds. The van der Waals surface area contributed by atoms with E-state index in [0.717, 1.165) is 27.2 Å². The van der Waals surface area contributed by atoms with Crippen LogP contribution in [0.2, 0.25) is 0 Å². The number of alkyl halides is 2. The Bertz CT molecular complexity index is 1080. The summed E-state index contributed by atoms with van der Waals surface area (Å²) in [6, 6.07) is 16.1. The number of carboxylic acids is 1. The molecule has 0 radical (unpaired) electrons. The van der Waals surface area contributed by atoms with E-state index in [1.165, 1.54) is 0 Å². The van der Waals surface area contributed by atoms with Gasteiger partial charge in [-0.2, -0.15) is 0 Å². The summed E-state index contributed by atoms with van der Waals surface area (Å²) in [5, 5.41) is 11.6. The number of carboxylic acid groups (broad SMARTS) is 1. The van der Waals surface area contributed by atoms with Crippen LogP contribution in [0.25, 0.3) is 11.1 Å². The molecule has 2 unspecified atom stereocenters. The molecule has 7 nitrogen and oxygen atoms in total. The second kappa shape index (κ2) is 10.0. The molecule has 2 atom stereocenters. The first kappa shape index (κ1) is 24.6. The molecule has 9 heteroatoms. The van der Waals surface area contributed by atoms with Crippen molar-refractivity contribution >= 4 is 18.0 Å². The number of hydrogen-bond donors (Lipinski definition) is 2. The highest BCUT2D eigenvalue weighted by Gasteiger charge is 2.53. The molecular weight excluding hydrogens is 458 g/mol. The van der Waals surface area contributed by atoms with Crippen LogP contribution in [-0.4, -0.2) is 60.1 Å². The average Bonchev–Trinajstić information content (AvgIpc) is 3.34. The summed E-state index contributed by atoms with van der Waals surface area (Å²) in [4.78, 5) is 36.6. The molecule has 35 heavy (non-hydrogen) atoms. The topological polar surface area (TPSA) is 95.9 Å². The number of alkyl carbamates (subject to hydrolysis) is 1. The highest BCUT2D eigenvalue weighted by Crippen LogP contribution is 2.44. The molecule has 2 aromatic carbocycles. The molecule has 186 valence electrons. The van der Waals surface area contributed by atoms with Crippen LogP contribution < -0.4 is 5.32 Å². The number of aliphatic carboxylic acids is 1. The lowest BCUT2D eigenvalue weighted by Gasteiger charge is -2.20. The number of hydrogen-bond acceptors (Lipinski definition) is 4. The monoisotopic (exact) mass is 486 g/mol. The number of nitrogens with zero attached hydrogens (tertiary/aromatic N) is 1. The van der Waals surface area contributed by atoms with Gasteiger partial charge in [0.2, 0.25) is 5.91 Å². The van der Waals surface area contributed by atoms with Gasteiger partial charge in [-0.15, -0.1) is 0 Å². The third-order valence-corrected chi connectivity index (χ3v) is 6.77. The first-order valence-electron chi connectivity index (χ1n) is 11.7. The van der Waals surface area contributed by atoms with E-state index < -0.39 is 48.8 Å². The van der Waals surface area contributed by atoms with Crippen LogP contribution in [0.1, 0.15) is 36.8 Å². The average molecular weight is 487 g/mol. The zero-order chi connectivity index (χ0) is 25.2. The molecule has 0 bridgehead atoms. The Kier molecular flexibility index (Phi) is 7.05. The molecule has 2 aliphatic rings. The molecule has 1 heterocycles. The van der Waals surface area contributed by atoms with E-state index in [9.17, 15) is 23.2 Å². The van der Waals surface area contributed by atoms with Crippen LogP contribution in [-0.2, 0) is 14.3 Å². The van der Waals surface area contributed by atoms with Crippen molar-refractivity contribution in [3.63, 3.8) is 0 Å². The van der Waals surface area contributed by atoms with Gasteiger partial charge < -0.3 is 20.1 Å². The molecule has 1 aliphatic carbocycles. The first-order chi connectivity index (χ1) is 16.7. The van der Waals surface area contributed by atoms with E-state index >= 15 is 0 Å². The molecule has 0 aromatic heterocycles. The number of nitrogens with one attached hydrogen (secondary N) is 1. The van der Waals surface area contributed by atoms with Gasteiger partial charge in [-0.1, -0.05) is 55.5 Å². The summed E-state index contributed by atoms with van der Waals surface area (Å²) in [5.74, 6) is -8.04. The molecular formula is C26H28F2N2O5. The quantitative estimate of drug-likeness (QED) is 0.548. The maximum atomic E-state index is 13.8. The van der Waals surface area contributed by atoms with Crippen molar-refractivity contribution in [3.05, 3.63) is 59.7 Å². The maximum Gasteiger partial charge on any atom is 0.407 e. The fraction of sp³-hybridized carbons (Fsp3) is 0.423. The Labute approximate surface area is 202 Å². The third-order valence-electron chi connectivity index (χ3n) is 6.77. The van der Waals surface area contributed by atoms with Crippen LogP contribution in [0.4, 0.5) is 13.6 Å². The zero-order valence-electron chi connectivity index (χ0n) is 19.4. The predicted octanol–water partition coefficient (Wildman–Crippen LogP) is 4.12. The standard InChI is InChI=1S/C26H28F2N2O5/c1-16(23(31)30-13-22(24(32)33)26(27,28)15-30)7-6-12-29-25(34)35-14-21-19-10-4-2-8-17(19)18-9-3-5-11-20(18)21/h2-5,8-11,16,21-22H,6-7,12-15H2,1H3,(H,29,34)(H,32,33). The number of carbonyl (C=O) groups is 3. The number of ether oxygens (including phenoxy) is 1. The Hall–Kier alpha value is -3.49. The van der Waals surface area contributed by atoms with Crippen molar-refractivity contribution in [3.8, 4) is 11.1 Å². The van der Waals surface area contributed by atoms with Crippen molar-refractivity contribution in [1.82, 2.24) is 10.2 Å². The van der Waals surface area contributed by atoms with Crippen molar-refractivity contribution in [1.29, 1.82) is 0 Å². The summed E-state index contributed by atoms with van der Waals surface area (Å²) < 4.78 is 33.2. The predicted molar refractivity (Wildman–Crippen MR) is 124 cm³/mol. The molecule has 1 fully saturated rings. The van der Waals surface area contributed by atoms with Gasteiger partial charge in [-0.3, -0.25) is 9.59 Å². The summed E-state index contributed by atoms with van der Waals surface area (Å²) in [7, 11) is 0. The summed E-state index contributed by atoms with van der Waals surface area (Å²) in [6.45, 7) is 0.696. The fourth-order valence-corrected chi connectivity index (χ4v) is 4.89. The van der Waals surface area contributed by atoms with Gasteiger partial charge in [-0.25, -0.2) is 13.6 Å². The molecule has 2 aromatic rings. The minimum absolute atomic E-state index is 0.0426. The van der Waals surface area contributed by atoms with Crippen LogP contribution >= 0.6 is 0 Å². The summed E-state index contributed by atoms with van der Waals surface area (Å²) in [6.07, 6.45) is 0.251. The molecule has 1 aliphatic heterocycles. The van der Waals surface area contributed by atoms with Crippen LogP contribution in [0.3, 0.4) is 0 Å². The smallest absolute Gasteiger partial charge is 0.407 e. The number of halogens is 2. The zero-order valence-corrected chi connectivity index (χ0v) is 19.4. The lowest BCUT2D eigenvalue weighted by Crippen LogP contribution is -2.35. The Morgan fingerprint density at radius 1 is 1.11 bits per heavy atom. The Morgan fingerprint density at radius 2 is 1.71 bits per heavy atom.